The van der Waals surface area contributed by atoms with E-state index < -0.39 is 0 Å². The van der Waals surface area contributed by atoms with Gasteiger partial charge in [-0.1, -0.05) is 13.8 Å². The van der Waals surface area contributed by atoms with Gasteiger partial charge in [-0.2, -0.15) is 0 Å². The van der Waals surface area contributed by atoms with Gasteiger partial charge < -0.3 is 15.5 Å². The molecule has 0 heterocycles. The molecule has 0 unspecified atom stereocenters. The van der Waals surface area contributed by atoms with Crippen LogP contribution in [0, 0.1) is 0 Å². The first kappa shape index (κ1) is 17.9. The van der Waals surface area contributed by atoms with Crippen molar-refractivity contribution in [2.45, 2.75) is 59.0 Å². The number of carbonyl (C=O) groups is 2. The molecule has 112 valence electrons. The van der Waals surface area contributed by atoms with Crippen LogP contribution in [0.25, 0.3) is 0 Å². The van der Waals surface area contributed by atoms with Crippen LogP contribution in [-0.2, 0) is 9.59 Å². The van der Waals surface area contributed by atoms with Crippen LogP contribution in [0.1, 0.15) is 47.5 Å². The SMILES string of the molecule is CC(C)NCCCC(=O)N(C)CC(=O)NC(C)(C)C. The predicted molar refractivity (Wildman–Crippen MR) is 77.9 cm³/mol. The van der Waals surface area contributed by atoms with Crippen molar-refractivity contribution in [2.75, 3.05) is 20.1 Å². The van der Waals surface area contributed by atoms with E-state index in [1.165, 1.54) is 4.90 Å². The lowest BCUT2D eigenvalue weighted by atomic mass is 10.1. The molecule has 0 aliphatic carbocycles. The molecular weight excluding hydrogens is 242 g/mol. The minimum atomic E-state index is -0.262. The molecule has 0 saturated carbocycles. The van der Waals surface area contributed by atoms with Gasteiger partial charge in [-0.05, 0) is 33.7 Å². The van der Waals surface area contributed by atoms with Gasteiger partial charge in [0.1, 0.15) is 0 Å². The summed E-state index contributed by atoms with van der Waals surface area (Å²) in [6, 6.07) is 0.436. The molecule has 0 spiro atoms. The Hall–Kier alpha value is -1.10. The maximum Gasteiger partial charge on any atom is 0.240 e. The molecule has 5 nitrogen and oxygen atoms in total. The van der Waals surface area contributed by atoms with Crippen LogP contribution in [0.4, 0.5) is 0 Å². The van der Waals surface area contributed by atoms with Crippen molar-refractivity contribution in [1.82, 2.24) is 15.5 Å². The standard InChI is InChI=1S/C14H29N3O2/c1-11(2)15-9-7-8-13(19)17(6)10-12(18)16-14(3,4)5/h11,15H,7-10H2,1-6H3,(H,16,18). The van der Waals surface area contributed by atoms with Crippen LogP contribution in [-0.4, -0.2) is 48.4 Å². The number of nitrogens with zero attached hydrogens (tertiary/aromatic N) is 1. The summed E-state index contributed by atoms with van der Waals surface area (Å²) in [5.41, 5.74) is -0.262. The molecule has 19 heavy (non-hydrogen) atoms. The van der Waals surface area contributed by atoms with Crippen molar-refractivity contribution < 1.29 is 9.59 Å². The van der Waals surface area contributed by atoms with Crippen LogP contribution in [0.15, 0.2) is 0 Å². The number of rotatable bonds is 7. The van der Waals surface area contributed by atoms with Crippen LogP contribution >= 0.6 is 0 Å². The van der Waals surface area contributed by atoms with Crippen molar-refractivity contribution in [1.29, 1.82) is 0 Å². The molecule has 0 fully saturated rings. The van der Waals surface area contributed by atoms with E-state index in [-0.39, 0.29) is 23.9 Å². The summed E-state index contributed by atoms with van der Waals surface area (Å²) in [4.78, 5) is 25.0. The van der Waals surface area contributed by atoms with Gasteiger partial charge in [0.2, 0.25) is 11.8 Å². The minimum absolute atomic E-state index is 0.00890. The Morgan fingerprint density at radius 1 is 1.21 bits per heavy atom. The molecular formula is C14H29N3O2. The van der Waals surface area contributed by atoms with E-state index in [0.717, 1.165) is 13.0 Å². The fourth-order valence-corrected chi connectivity index (χ4v) is 1.58. The molecule has 2 amide bonds. The van der Waals surface area contributed by atoms with Gasteiger partial charge in [-0.15, -0.1) is 0 Å². The zero-order valence-electron chi connectivity index (χ0n) is 13.2. The Morgan fingerprint density at radius 3 is 2.26 bits per heavy atom. The number of hydrogen-bond acceptors (Lipinski definition) is 3. The van der Waals surface area contributed by atoms with Crippen LogP contribution < -0.4 is 10.6 Å². The van der Waals surface area contributed by atoms with Crippen molar-refractivity contribution in [2.24, 2.45) is 0 Å². The number of amides is 2. The molecule has 0 saturated heterocycles. The van der Waals surface area contributed by atoms with Gasteiger partial charge >= 0.3 is 0 Å². The van der Waals surface area contributed by atoms with Crippen molar-refractivity contribution in [3.05, 3.63) is 0 Å². The fraction of sp³-hybridized carbons (Fsp3) is 0.857. The quantitative estimate of drug-likeness (QED) is 0.683. The third kappa shape index (κ3) is 10.5. The lowest BCUT2D eigenvalue weighted by Crippen LogP contribution is -2.46. The largest absolute Gasteiger partial charge is 0.350 e. The first-order chi connectivity index (χ1) is 8.61. The summed E-state index contributed by atoms with van der Waals surface area (Å²) in [7, 11) is 1.67. The molecule has 0 bridgehead atoms. The molecule has 0 aliphatic rings. The van der Waals surface area contributed by atoms with E-state index in [1.807, 2.05) is 20.8 Å². The Morgan fingerprint density at radius 2 is 1.79 bits per heavy atom. The maximum absolute atomic E-state index is 11.8. The average molecular weight is 271 g/mol. The number of nitrogens with one attached hydrogen (secondary N) is 2. The lowest BCUT2D eigenvalue weighted by Gasteiger charge is -2.23. The Balaban J connectivity index is 3.90. The Labute approximate surface area is 117 Å². The smallest absolute Gasteiger partial charge is 0.240 e. The predicted octanol–water partition coefficient (Wildman–Crippen LogP) is 1.14. The van der Waals surface area contributed by atoms with Gasteiger partial charge in [0.25, 0.3) is 0 Å². The Bertz CT molecular complexity index is 296. The molecule has 0 radical (unpaired) electrons. The first-order valence-electron chi connectivity index (χ1n) is 6.90. The van der Waals surface area contributed by atoms with Crippen molar-refractivity contribution >= 4 is 11.8 Å². The maximum atomic E-state index is 11.8. The third-order valence-corrected chi connectivity index (χ3v) is 2.44. The van der Waals surface area contributed by atoms with E-state index >= 15 is 0 Å². The van der Waals surface area contributed by atoms with Crippen molar-refractivity contribution in [3.8, 4) is 0 Å². The van der Waals surface area contributed by atoms with Gasteiger partial charge in [-0.25, -0.2) is 0 Å². The number of carbonyl (C=O) groups excluding carboxylic acids is 2. The minimum Gasteiger partial charge on any atom is -0.350 e. The number of hydrogen-bond donors (Lipinski definition) is 2. The molecule has 0 atom stereocenters. The monoisotopic (exact) mass is 271 g/mol. The lowest BCUT2D eigenvalue weighted by molar-refractivity contribution is -0.135. The highest BCUT2D eigenvalue weighted by molar-refractivity contribution is 5.84. The summed E-state index contributed by atoms with van der Waals surface area (Å²) in [6.45, 7) is 10.9. The molecule has 0 rings (SSSR count). The Kier molecular flexibility index (Phi) is 7.68. The normalized spacial score (nSPS) is 11.5. The highest BCUT2D eigenvalue weighted by Crippen LogP contribution is 2.00. The average Bonchev–Trinajstić information content (AvgIpc) is 2.20. The van der Waals surface area contributed by atoms with Gasteiger partial charge in [-0.3, -0.25) is 9.59 Å². The molecule has 0 aromatic carbocycles. The second-order valence-corrected chi connectivity index (χ2v) is 6.26. The van der Waals surface area contributed by atoms with E-state index in [0.29, 0.717) is 12.5 Å². The van der Waals surface area contributed by atoms with Gasteiger partial charge in [0.05, 0.1) is 6.54 Å². The van der Waals surface area contributed by atoms with Crippen molar-refractivity contribution in [3.63, 3.8) is 0 Å². The fourth-order valence-electron chi connectivity index (χ4n) is 1.58. The van der Waals surface area contributed by atoms with E-state index in [4.69, 9.17) is 0 Å². The molecule has 2 N–H and O–H groups in total. The third-order valence-electron chi connectivity index (χ3n) is 2.44. The van der Waals surface area contributed by atoms with Gasteiger partial charge in [0.15, 0.2) is 0 Å². The molecule has 0 aromatic rings. The zero-order chi connectivity index (χ0) is 15.1. The number of likely N-dealkylation sites (N-methyl/N-ethyl adjacent to an activating group) is 1. The molecule has 0 aliphatic heterocycles. The highest BCUT2D eigenvalue weighted by atomic mass is 16.2. The summed E-state index contributed by atoms with van der Waals surface area (Å²) < 4.78 is 0. The summed E-state index contributed by atoms with van der Waals surface area (Å²) in [6.07, 6.45) is 1.27. The summed E-state index contributed by atoms with van der Waals surface area (Å²) in [5.74, 6) is -0.113. The second-order valence-electron chi connectivity index (χ2n) is 6.26. The van der Waals surface area contributed by atoms with Crippen LogP contribution in [0.2, 0.25) is 0 Å². The molecule has 5 heteroatoms. The summed E-state index contributed by atoms with van der Waals surface area (Å²) in [5, 5.41) is 6.10. The highest BCUT2D eigenvalue weighted by Gasteiger charge is 2.17. The van der Waals surface area contributed by atoms with E-state index in [1.54, 1.807) is 7.05 Å². The zero-order valence-corrected chi connectivity index (χ0v) is 13.2. The van der Waals surface area contributed by atoms with Gasteiger partial charge in [0, 0.05) is 25.0 Å². The molecule has 0 aromatic heterocycles. The first-order valence-corrected chi connectivity index (χ1v) is 6.90. The van der Waals surface area contributed by atoms with Crippen LogP contribution in [0.5, 0.6) is 0 Å². The topological polar surface area (TPSA) is 61.4 Å². The van der Waals surface area contributed by atoms with E-state index in [9.17, 15) is 9.59 Å². The van der Waals surface area contributed by atoms with E-state index in [2.05, 4.69) is 24.5 Å². The van der Waals surface area contributed by atoms with Crippen LogP contribution in [0.3, 0.4) is 0 Å². The summed E-state index contributed by atoms with van der Waals surface area (Å²) >= 11 is 0. The second kappa shape index (κ2) is 8.15.